The largest absolute Gasteiger partial charge is 0.394 e. The van der Waals surface area contributed by atoms with E-state index < -0.39 is 18.3 Å². The summed E-state index contributed by atoms with van der Waals surface area (Å²) in [5.74, 6) is 0. The summed E-state index contributed by atoms with van der Waals surface area (Å²) in [6.07, 6.45) is -2.29. The average molecular weight is 301 g/mol. The number of hydrogen-bond acceptors (Lipinski definition) is 7. The van der Waals surface area contributed by atoms with Gasteiger partial charge in [-0.25, -0.2) is 0 Å². The Balaban J connectivity index is 2.95. The van der Waals surface area contributed by atoms with Gasteiger partial charge in [-0.05, 0) is 17.7 Å². The third kappa shape index (κ3) is 6.47. The minimum Gasteiger partial charge on any atom is -0.394 e. The first-order valence-electron chi connectivity index (χ1n) is 6.84. The lowest BCUT2D eigenvalue weighted by Crippen LogP contribution is -2.20. The van der Waals surface area contributed by atoms with Gasteiger partial charge in [-0.3, -0.25) is 4.98 Å². The maximum atomic E-state index is 9.50. The molecule has 0 aliphatic heterocycles. The van der Waals surface area contributed by atoms with Crippen molar-refractivity contribution in [3.8, 4) is 0 Å². The Kier molecular flexibility index (Phi) is 7.73. The van der Waals surface area contributed by atoms with Gasteiger partial charge in [0.05, 0.1) is 38.1 Å². The van der Waals surface area contributed by atoms with E-state index in [0.29, 0.717) is 17.0 Å². The molecule has 7 heteroatoms. The molecule has 7 nitrogen and oxygen atoms in total. The van der Waals surface area contributed by atoms with E-state index in [2.05, 4.69) is 4.98 Å². The molecule has 6 N–H and O–H groups in total. The smallest absolute Gasteiger partial charge is 0.0826 e. The third-order valence-electron chi connectivity index (χ3n) is 2.98. The van der Waals surface area contributed by atoms with Gasteiger partial charge in [-0.15, -0.1) is 0 Å². The minimum atomic E-state index is -0.939. The monoisotopic (exact) mass is 301 g/mol. The van der Waals surface area contributed by atoms with Gasteiger partial charge in [0.2, 0.25) is 0 Å². The normalized spacial score (nSPS) is 15.7. The molecule has 0 spiro atoms. The van der Waals surface area contributed by atoms with Crippen molar-refractivity contribution in [3.63, 3.8) is 0 Å². The standard InChI is InChI=1S/C14H23NO6/c16-6-12(19)3-9-1-10(4-13(20)7-17)15-11(2-9)5-14(21)8-18/h1-2,12-14,16-21H,3-8H2. The highest BCUT2D eigenvalue weighted by atomic mass is 16.3. The van der Waals surface area contributed by atoms with Crippen LogP contribution in [0.15, 0.2) is 12.1 Å². The molecule has 3 atom stereocenters. The number of pyridine rings is 1. The molecule has 0 fully saturated rings. The third-order valence-corrected chi connectivity index (χ3v) is 2.98. The van der Waals surface area contributed by atoms with Crippen LogP contribution in [0.1, 0.15) is 17.0 Å². The van der Waals surface area contributed by atoms with Crippen LogP contribution in [0.3, 0.4) is 0 Å². The van der Waals surface area contributed by atoms with Crippen LogP contribution in [0.25, 0.3) is 0 Å². The van der Waals surface area contributed by atoms with Crippen molar-refractivity contribution in [1.29, 1.82) is 0 Å². The molecule has 1 rings (SSSR count). The first-order chi connectivity index (χ1) is 9.98. The molecule has 1 aromatic rings. The molecule has 21 heavy (non-hydrogen) atoms. The number of hydrogen-bond donors (Lipinski definition) is 6. The number of nitrogens with zero attached hydrogens (tertiary/aromatic N) is 1. The van der Waals surface area contributed by atoms with Crippen LogP contribution in [-0.4, -0.2) is 73.8 Å². The van der Waals surface area contributed by atoms with Crippen molar-refractivity contribution >= 4 is 0 Å². The second-order valence-electron chi connectivity index (χ2n) is 5.08. The number of aliphatic hydroxyl groups is 6. The van der Waals surface area contributed by atoms with Crippen molar-refractivity contribution in [3.05, 3.63) is 29.1 Å². The van der Waals surface area contributed by atoms with Crippen LogP contribution >= 0.6 is 0 Å². The highest BCUT2D eigenvalue weighted by Gasteiger charge is 2.13. The van der Waals surface area contributed by atoms with Gasteiger partial charge in [0.15, 0.2) is 0 Å². The second kappa shape index (κ2) is 9.04. The van der Waals surface area contributed by atoms with E-state index in [-0.39, 0.29) is 39.1 Å². The van der Waals surface area contributed by atoms with E-state index in [1.165, 1.54) is 0 Å². The fourth-order valence-corrected chi connectivity index (χ4v) is 1.99. The van der Waals surface area contributed by atoms with Gasteiger partial charge in [0.25, 0.3) is 0 Å². The second-order valence-corrected chi connectivity index (χ2v) is 5.08. The zero-order chi connectivity index (χ0) is 15.8. The Morgan fingerprint density at radius 2 is 1.10 bits per heavy atom. The van der Waals surface area contributed by atoms with Gasteiger partial charge < -0.3 is 30.6 Å². The molecule has 0 aliphatic carbocycles. The molecule has 0 amide bonds. The molecule has 1 heterocycles. The lowest BCUT2D eigenvalue weighted by atomic mass is 10.0. The average Bonchev–Trinajstić information content (AvgIpc) is 2.46. The van der Waals surface area contributed by atoms with Crippen LogP contribution in [0.5, 0.6) is 0 Å². The summed E-state index contributed by atoms with van der Waals surface area (Å²) >= 11 is 0. The fourth-order valence-electron chi connectivity index (χ4n) is 1.99. The number of rotatable bonds is 9. The Morgan fingerprint density at radius 1 is 0.714 bits per heavy atom. The van der Waals surface area contributed by atoms with Gasteiger partial charge in [0.1, 0.15) is 0 Å². The Labute approximate surface area is 123 Å². The van der Waals surface area contributed by atoms with E-state index in [4.69, 9.17) is 15.3 Å². The maximum absolute atomic E-state index is 9.50. The first-order valence-corrected chi connectivity index (χ1v) is 6.84. The Hall–Kier alpha value is -1.09. The highest BCUT2D eigenvalue weighted by Crippen LogP contribution is 2.12. The minimum absolute atomic E-state index is 0.141. The maximum Gasteiger partial charge on any atom is 0.0826 e. The summed E-state index contributed by atoms with van der Waals surface area (Å²) < 4.78 is 0. The predicted molar refractivity (Wildman–Crippen MR) is 74.6 cm³/mol. The molecule has 1 aromatic heterocycles. The molecular weight excluding hydrogens is 278 g/mol. The first kappa shape index (κ1) is 18.0. The zero-order valence-electron chi connectivity index (χ0n) is 11.8. The van der Waals surface area contributed by atoms with Crippen LogP contribution in [0, 0.1) is 0 Å². The molecular formula is C14H23NO6. The molecule has 3 unspecified atom stereocenters. The topological polar surface area (TPSA) is 134 Å². The van der Waals surface area contributed by atoms with E-state index in [0.717, 1.165) is 0 Å². The van der Waals surface area contributed by atoms with Gasteiger partial charge in [-0.1, -0.05) is 0 Å². The lowest BCUT2D eigenvalue weighted by molar-refractivity contribution is 0.0919. The molecule has 0 saturated carbocycles. The van der Waals surface area contributed by atoms with E-state index in [1.54, 1.807) is 12.1 Å². The van der Waals surface area contributed by atoms with Crippen molar-refractivity contribution in [2.75, 3.05) is 19.8 Å². The molecule has 0 aromatic carbocycles. The van der Waals surface area contributed by atoms with Crippen molar-refractivity contribution in [2.24, 2.45) is 0 Å². The van der Waals surface area contributed by atoms with Gasteiger partial charge in [0, 0.05) is 30.7 Å². The van der Waals surface area contributed by atoms with Crippen molar-refractivity contribution in [2.45, 2.75) is 37.6 Å². The van der Waals surface area contributed by atoms with Crippen LogP contribution in [0.4, 0.5) is 0 Å². The summed E-state index contributed by atoms with van der Waals surface area (Å²) in [5.41, 5.74) is 1.73. The summed E-state index contributed by atoms with van der Waals surface area (Å²) in [7, 11) is 0. The molecule has 120 valence electrons. The molecule has 0 saturated heterocycles. The van der Waals surface area contributed by atoms with Crippen LogP contribution < -0.4 is 0 Å². The summed E-state index contributed by atoms with van der Waals surface area (Å²) in [6, 6.07) is 3.35. The fraction of sp³-hybridized carbons (Fsp3) is 0.643. The van der Waals surface area contributed by atoms with Crippen LogP contribution in [0.2, 0.25) is 0 Å². The van der Waals surface area contributed by atoms with E-state index >= 15 is 0 Å². The quantitative estimate of drug-likeness (QED) is 0.304. The summed E-state index contributed by atoms with van der Waals surface area (Å²) in [6.45, 7) is -1.15. The zero-order valence-corrected chi connectivity index (χ0v) is 11.8. The molecule has 0 radical (unpaired) electrons. The molecule has 0 aliphatic rings. The Bertz CT molecular complexity index is 354. The van der Waals surface area contributed by atoms with Crippen molar-refractivity contribution in [1.82, 2.24) is 4.98 Å². The highest BCUT2D eigenvalue weighted by molar-refractivity contribution is 5.23. The van der Waals surface area contributed by atoms with Gasteiger partial charge in [-0.2, -0.15) is 0 Å². The Morgan fingerprint density at radius 3 is 1.48 bits per heavy atom. The van der Waals surface area contributed by atoms with Crippen molar-refractivity contribution < 1.29 is 30.6 Å². The predicted octanol–water partition coefficient (Wildman–Crippen LogP) is -2.23. The molecule has 0 bridgehead atoms. The number of aromatic nitrogens is 1. The van der Waals surface area contributed by atoms with Gasteiger partial charge >= 0.3 is 0 Å². The summed E-state index contributed by atoms with van der Waals surface area (Å²) in [4.78, 5) is 4.26. The summed E-state index contributed by atoms with van der Waals surface area (Å²) in [5, 5.41) is 55.1. The van der Waals surface area contributed by atoms with Crippen LogP contribution in [-0.2, 0) is 19.3 Å². The lowest BCUT2D eigenvalue weighted by Gasteiger charge is -2.14. The van der Waals surface area contributed by atoms with E-state index in [1.807, 2.05) is 0 Å². The SMILES string of the molecule is OCC(O)Cc1cc(CC(O)CO)nc(CC(O)CO)c1. The van der Waals surface area contributed by atoms with E-state index in [9.17, 15) is 15.3 Å². The number of aliphatic hydroxyl groups excluding tert-OH is 6.